The van der Waals surface area contributed by atoms with Crippen molar-refractivity contribution in [1.29, 1.82) is 0 Å². The molecular formula is C19H31N4O3+. The van der Waals surface area contributed by atoms with Crippen LogP contribution in [0.25, 0.3) is 0 Å². The number of quaternary nitrogens is 1. The van der Waals surface area contributed by atoms with Gasteiger partial charge >= 0.3 is 0 Å². The van der Waals surface area contributed by atoms with Crippen molar-refractivity contribution in [3.8, 4) is 5.75 Å². The van der Waals surface area contributed by atoms with E-state index in [0.717, 1.165) is 29.4 Å². The average Bonchev–Trinajstić information content (AvgIpc) is 2.60. The second kappa shape index (κ2) is 9.43. The number of benzene rings is 1. The van der Waals surface area contributed by atoms with E-state index in [1.807, 2.05) is 50.1 Å². The van der Waals surface area contributed by atoms with E-state index in [4.69, 9.17) is 4.74 Å². The highest BCUT2D eigenvalue weighted by molar-refractivity contribution is 5.79. The molecule has 144 valence electrons. The van der Waals surface area contributed by atoms with Gasteiger partial charge in [-0.25, -0.2) is 0 Å². The minimum absolute atomic E-state index is 0.0220. The Hall–Kier alpha value is -2.28. The number of amides is 2. The molecular weight excluding hydrogens is 332 g/mol. The van der Waals surface area contributed by atoms with E-state index in [1.54, 1.807) is 7.11 Å². The van der Waals surface area contributed by atoms with Gasteiger partial charge in [0.15, 0.2) is 13.1 Å². The first kappa shape index (κ1) is 20.0. The summed E-state index contributed by atoms with van der Waals surface area (Å²) in [4.78, 5) is 29.3. The largest absolute Gasteiger partial charge is 0.495 e. The Bertz CT molecular complexity index is 613. The molecule has 0 bridgehead atoms. The number of likely N-dealkylation sites (N-methyl/N-ethyl adjacent to an activating group) is 1. The highest BCUT2D eigenvalue weighted by atomic mass is 16.5. The van der Waals surface area contributed by atoms with E-state index >= 15 is 0 Å². The fourth-order valence-electron chi connectivity index (χ4n) is 3.17. The van der Waals surface area contributed by atoms with Crippen LogP contribution < -0.4 is 19.9 Å². The van der Waals surface area contributed by atoms with Gasteiger partial charge in [-0.1, -0.05) is 12.1 Å². The second-order valence-corrected chi connectivity index (χ2v) is 7.07. The molecule has 1 fully saturated rings. The van der Waals surface area contributed by atoms with E-state index < -0.39 is 0 Å². The first-order chi connectivity index (χ1) is 12.4. The molecule has 1 unspecified atom stereocenters. The maximum atomic E-state index is 12.5. The molecule has 1 atom stereocenters. The summed E-state index contributed by atoms with van der Waals surface area (Å²) in [7, 11) is 3.55. The van der Waals surface area contributed by atoms with Crippen molar-refractivity contribution in [1.82, 2.24) is 10.2 Å². The molecule has 2 rings (SSSR count). The zero-order valence-corrected chi connectivity index (χ0v) is 16.2. The monoisotopic (exact) mass is 363 g/mol. The maximum Gasteiger partial charge on any atom is 0.277 e. The Kier molecular flexibility index (Phi) is 7.26. The number of methoxy groups -OCH3 is 1. The SMILES string of the molecule is COc1ccccc1N1CCN(C(=O)C[NH+](C)CC(=O)NC(C)C)CC1. The first-order valence-electron chi connectivity index (χ1n) is 9.17. The Morgan fingerprint density at radius 3 is 2.42 bits per heavy atom. The van der Waals surface area contributed by atoms with E-state index in [1.165, 1.54) is 0 Å². The summed E-state index contributed by atoms with van der Waals surface area (Å²) in [6.45, 7) is 7.42. The molecule has 7 heteroatoms. The summed E-state index contributed by atoms with van der Waals surface area (Å²) in [5.41, 5.74) is 1.06. The molecule has 0 saturated carbocycles. The average molecular weight is 363 g/mol. The molecule has 2 amide bonds. The Morgan fingerprint density at radius 2 is 1.81 bits per heavy atom. The van der Waals surface area contributed by atoms with Crippen molar-refractivity contribution < 1.29 is 19.2 Å². The standard InChI is InChI=1S/C19H30N4O3/c1-15(2)20-18(24)13-21(3)14-19(25)23-11-9-22(10-12-23)16-7-5-6-8-17(16)26-4/h5-8,15H,9-14H2,1-4H3,(H,20,24)/p+1. The lowest BCUT2D eigenvalue weighted by Crippen LogP contribution is -3.11. The van der Waals surface area contributed by atoms with Crippen molar-refractivity contribution in [2.75, 3.05) is 58.3 Å². The van der Waals surface area contributed by atoms with E-state index in [-0.39, 0.29) is 17.9 Å². The molecule has 2 N–H and O–H groups in total. The zero-order chi connectivity index (χ0) is 19.1. The van der Waals surface area contributed by atoms with Crippen LogP contribution in [0.4, 0.5) is 5.69 Å². The first-order valence-corrected chi connectivity index (χ1v) is 9.17. The third-order valence-corrected chi connectivity index (χ3v) is 4.42. The molecule has 0 aromatic heterocycles. The van der Waals surface area contributed by atoms with Crippen LogP contribution in [0.15, 0.2) is 24.3 Å². The number of nitrogens with one attached hydrogen (secondary N) is 2. The fourth-order valence-corrected chi connectivity index (χ4v) is 3.17. The van der Waals surface area contributed by atoms with Crippen LogP contribution >= 0.6 is 0 Å². The summed E-state index contributed by atoms with van der Waals surface area (Å²) in [6, 6.07) is 8.06. The summed E-state index contributed by atoms with van der Waals surface area (Å²) in [5, 5.41) is 2.86. The van der Waals surface area contributed by atoms with Crippen LogP contribution in [0.1, 0.15) is 13.8 Å². The summed E-state index contributed by atoms with van der Waals surface area (Å²) in [6.07, 6.45) is 0. The number of rotatable bonds is 7. The fraction of sp³-hybridized carbons (Fsp3) is 0.579. The number of hydrogen-bond acceptors (Lipinski definition) is 4. The maximum absolute atomic E-state index is 12.5. The molecule has 7 nitrogen and oxygen atoms in total. The number of ether oxygens (including phenoxy) is 1. The van der Waals surface area contributed by atoms with Gasteiger partial charge in [-0.05, 0) is 26.0 Å². The smallest absolute Gasteiger partial charge is 0.277 e. The number of nitrogens with zero attached hydrogens (tertiary/aromatic N) is 2. The van der Waals surface area contributed by atoms with Crippen LogP contribution in [0.2, 0.25) is 0 Å². The van der Waals surface area contributed by atoms with Gasteiger partial charge in [0.2, 0.25) is 0 Å². The lowest BCUT2D eigenvalue weighted by molar-refractivity contribution is -0.863. The van der Waals surface area contributed by atoms with E-state index in [2.05, 4.69) is 10.2 Å². The number of carbonyl (C=O) groups excluding carboxylic acids is 2. The predicted octanol–water partition coefficient (Wildman–Crippen LogP) is -0.617. The van der Waals surface area contributed by atoms with Crippen LogP contribution in [0.3, 0.4) is 0 Å². The highest BCUT2D eigenvalue weighted by Crippen LogP contribution is 2.28. The van der Waals surface area contributed by atoms with Gasteiger partial charge in [0.1, 0.15) is 5.75 Å². The lowest BCUT2D eigenvalue weighted by atomic mass is 10.2. The van der Waals surface area contributed by atoms with Gasteiger partial charge in [-0.3, -0.25) is 9.59 Å². The quantitative estimate of drug-likeness (QED) is 0.678. The van der Waals surface area contributed by atoms with Gasteiger partial charge < -0.3 is 24.8 Å². The van der Waals surface area contributed by atoms with Crippen molar-refractivity contribution in [3.63, 3.8) is 0 Å². The summed E-state index contributed by atoms with van der Waals surface area (Å²) >= 11 is 0. The molecule has 1 heterocycles. The number of para-hydroxylation sites is 2. The van der Waals surface area contributed by atoms with Gasteiger partial charge in [0.05, 0.1) is 19.8 Å². The van der Waals surface area contributed by atoms with Crippen LogP contribution in [0, 0.1) is 0 Å². The minimum atomic E-state index is -0.0220. The Morgan fingerprint density at radius 1 is 1.15 bits per heavy atom. The molecule has 0 radical (unpaired) electrons. The van der Waals surface area contributed by atoms with Gasteiger partial charge in [0.25, 0.3) is 11.8 Å². The minimum Gasteiger partial charge on any atom is -0.495 e. The number of carbonyl (C=O) groups is 2. The highest BCUT2D eigenvalue weighted by Gasteiger charge is 2.25. The Balaban J connectivity index is 1.81. The zero-order valence-electron chi connectivity index (χ0n) is 16.2. The van der Waals surface area contributed by atoms with Crippen molar-refractivity contribution in [3.05, 3.63) is 24.3 Å². The molecule has 1 aliphatic rings. The molecule has 1 aromatic rings. The van der Waals surface area contributed by atoms with E-state index in [9.17, 15) is 9.59 Å². The molecule has 1 aliphatic heterocycles. The van der Waals surface area contributed by atoms with Crippen molar-refractivity contribution >= 4 is 17.5 Å². The van der Waals surface area contributed by atoms with Crippen LogP contribution in [-0.4, -0.2) is 76.2 Å². The van der Waals surface area contributed by atoms with Gasteiger partial charge in [0, 0.05) is 32.2 Å². The van der Waals surface area contributed by atoms with Crippen molar-refractivity contribution in [2.45, 2.75) is 19.9 Å². The Labute approximate surface area is 155 Å². The van der Waals surface area contributed by atoms with Gasteiger partial charge in [-0.15, -0.1) is 0 Å². The van der Waals surface area contributed by atoms with Crippen LogP contribution in [0.5, 0.6) is 5.75 Å². The van der Waals surface area contributed by atoms with Crippen molar-refractivity contribution in [2.24, 2.45) is 0 Å². The molecule has 1 aromatic carbocycles. The second-order valence-electron chi connectivity index (χ2n) is 7.07. The molecule has 0 aliphatic carbocycles. The third-order valence-electron chi connectivity index (χ3n) is 4.42. The topological polar surface area (TPSA) is 66.3 Å². The molecule has 26 heavy (non-hydrogen) atoms. The van der Waals surface area contributed by atoms with Crippen LogP contribution in [-0.2, 0) is 9.59 Å². The number of piperazine rings is 1. The predicted molar refractivity (Wildman–Crippen MR) is 102 cm³/mol. The normalized spacial score (nSPS) is 15.7. The third kappa shape index (κ3) is 5.62. The lowest BCUT2D eigenvalue weighted by Gasteiger charge is -2.36. The van der Waals surface area contributed by atoms with Gasteiger partial charge in [-0.2, -0.15) is 0 Å². The van der Waals surface area contributed by atoms with E-state index in [0.29, 0.717) is 26.2 Å². The summed E-state index contributed by atoms with van der Waals surface area (Å²) in [5.74, 6) is 0.929. The molecule has 1 saturated heterocycles. The number of anilines is 1. The molecule has 0 spiro atoms. The summed E-state index contributed by atoms with van der Waals surface area (Å²) < 4.78 is 5.43. The number of hydrogen-bond donors (Lipinski definition) is 2.